The van der Waals surface area contributed by atoms with Crippen molar-refractivity contribution in [3.8, 4) is 5.75 Å². The molecule has 0 spiro atoms. The third-order valence-electron chi connectivity index (χ3n) is 2.83. The van der Waals surface area contributed by atoms with E-state index in [4.69, 9.17) is 9.15 Å². The number of nitrogens with one attached hydrogen (secondary N) is 1. The molecule has 0 atom stereocenters. The van der Waals surface area contributed by atoms with Crippen LogP contribution in [0.15, 0.2) is 27.8 Å². The van der Waals surface area contributed by atoms with Crippen LogP contribution in [0.5, 0.6) is 5.75 Å². The molecule has 24 heavy (non-hydrogen) atoms. The van der Waals surface area contributed by atoms with Gasteiger partial charge >= 0.3 is 0 Å². The average molecular weight is 352 g/mol. The molecule has 1 amide bonds. The topological polar surface area (TPSA) is 120 Å². The predicted molar refractivity (Wildman–Crippen MR) is 87.3 cm³/mol. The Morgan fingerprint density at radius 2 is 2.21 bits per heavy atom. The molecule has 0 aliphatic heterocycles. The first-order chi connectivity index (χ1) is 11.5. The molecular formula is C14H16N4O5S. The molecule has 0 aliphatic rings. The first-order valence-electron chi connectivity index (χ1n) is 7.19. The number of nitro groups is 1. The van der Waals surface area contributed by atoms with Crippen LogP contribution in [-0.2, 0) is 11.2 Å². The van der Waals surface area contributed by atoms with Crippen molar-refractivity contribution < 1.29 is 18.9 Å². The van der Waals surface area contributed by atoms with Gasteiger partial charge in [0, 0.05) is 6.42 Å². The fourth-order valence-electron chi connectivity index (χ4n) is 1.78. The number of benzene rings is 1. The minimum absolute atomic E-state index is 0.00425. The molecule has 1 heterocycles. The van der Waals surface area contributed by atoms with Crippen molar-refractivity contribution >= 4 is 29.0 Å². The molecule has 1 N–H and O–H groups in total. The standard InChI is InChI=1S/C14H16N4O5S/c1-3-13-16-17-14(23-13)24-8-12(19)15-10-6-5-9(22-4-2)7-11(10)18(20)21/h5-7H,3-4,8H2,1-2H3,(H,15,19). The molecule has 0 aliphatic carbocycles. The van der Waals surface area contributed by atoms with Crippen LogP contribution >= 0.6 is 11.8 Å². The minimum Gasteiger partial charge on any atom is -0.494 e. The highest BCUT2D eigenvalue weighted by molar-refractivity contribution is 7.99. The molecule has 2 rings (SSSR count). The zero-order valence-electron chi connectivity index (χ0n) is 13.1. The molecule has 0 bridgehead atoms. The van der Waals surface area contributed by atoms with Gasteiger partial charge in [-0.1, -0.05) is 18.7 Å². The van der Waals surface area contributed by atoms with Crippen molar-refractivity contribution in [2.45, 2.75) is 25.5 Å². The predicted octanol–water partition coefficient (Wildman–Crippen LogP) is 2.67. The number of thioether (sulfide) groups is 1. The number of nitrogens with zero attached hydrogens (tertiary/aromatic N) is 3. The van der Waals surface area contributed by atoms with Gasteiger partial charge in [0.1, 0.15) is 11.4 Å². The van der Waals surface area contributed by atoms with Crippen molar-refractivity contribution in [3.63, 3.8) is 0 Å². The van der Waals surface area contributed by atoms with Gasteiger partial charge in [0.15, 0.2) is 0 Å². The number of carbonyl (C=O) groups is 1. The lowest BCUT2D eigenvalue weighted by atomic mass is 10.2. The van der Waals surface area contributed by atoms with Crippen LogP contribution in [0.25, 0.3) is 0 Å². The van der Waals surface area contributed by atoms with E-state index in [0.717, 1.165) is 11.8 Å². The van der Waals surface area contributed by atoms with E-state index in [2.05, 4.69) is 15.5 Å². The summed E-state index contributed by atoms with van der Waals surface area (Å²) in [5.41, 5.74) is -0.126. The maximum atomic E-state index is 12.0. The van der Waals surface area contributed by atoms with Crippen LogP contribution in [0.2, 0.25) is 0 Å². The molecular weight excluding hydrogens is 336 g/mol. The van der Waals surface area contributed by atoms with Crippen LogP contribution in [0.3, 0.4) is 0 Å². The Labute approximate surface area is 141 Å². The number of nitro benzene ring substituents is 1. The Kier molecular flexibility index (Phi) is 6.13. The fourth-order valence-corrected chi connectivity index (χ4v) is 2.36. The van der Waals surface area contributed by atoms with Crippen molar-refractivity contribution in [2.75, 3.05) is 17.7 Å². The number of aromatic nitrogens is 2. The Bertz CT molecular complexity index is 734. The Balaban J connectivity index is 2.01. The summed E-state index contributed by atoms with van der Waals surface area (Å²) in [5.74, 6) is 0.438. The van der Waals surface area contributed by atoms with E-state index >= 15 is 0 Å². The molecule has 9 nitrogen and oxygen atoms in total. The van der Waals surface area contributed by atoms with Crippen molar-refractivity contribution in [1.82, 2.24) is 10.2 Å². The average Bonchev–Trinajstić information content (AvgIpc) is 3.02. The first-order valence-corrected chi connectivity index (χ1v) is 8.18. The zero-order chi connectivity index (χ0) is 17.5. The summed E-state index contributed by atoms with van der Waals surface area (Å²) >= 11 is 1.06. The number of amides is 1. The number of aryl methyl sites for hydroxylation is 1. The van der Waals surface area contributed by atoms with Crippen molar-refractivity contribution in [1.29, 1.82) is 0 Å². The van der Waals surface area contributed by atoms with Gasteiger partial charge in [-0.2, -0.15) is 0 Å². The summed E-state index contributed by atoms with van der Waals surface area (Å²) in [5, 5.41) is 21.5. The Morgan fingerprint density at radius 3 is 2.83 bits per heavy atom. The second kappa shape index (κ2) is 8.29. The molecule has 10 heteroatoms. The fraction of sp³-hybridized carbons (Fsp3) is 0.357. The van der Waals surface area contributed by atoms with Crippen molar-refractivity contribution in [2.24, 2.45) is 0 Å². The number of hydrogen-bond donors (Lipinski definition) is 1. The second-order valence-electron chi connectivity index (χ2n) is 4.52. The minimum atomic E-state index is -0.573. The largest absolute Gasteiger partial charge is 0.494 e. The summed E-state index contributed by atoms with van der Waals surface area (Å²) in [6, 6.07) is 4.27. The van der Waals surface area contributed by atoms with E-state index < -0.39 is 10.8 Å². The molecule has 0 fully saturated rings. The van der Waals surface area contributed by atoms with Gasteiger partial charge in [-0.05, 0) is 19.1 Å². The van der Waals surface area contributed by atoms with Crippen LogP contribution in [0, 0.1) is 10.1 Å². The van der Waals surface area contributed by atoms with Crippen LogP contribution < -0.4 is 10.1 Å². The molecule has 0 unspecified atom stereocenters. The monoisotopic (exact) mass is 352 g/mol. The quantitative estimate of drug-likeness (QED) is 0.437. The van der Waals surface area contributed by atoms with Gasteiger partial charge in [-0.15, -0.1) is 10.2 Å². The normalized spacial score (nSPS) is 10.4. The van der Waals surface area contributed by atoms with Gasteiger partial charge in [0.25, 0.3) is 10.9 Å². The maximum absolute atomic E-state index is 12.0. The zero-order valence-corrected chi connectivity index (χ0v) is 14.0. The van der Waals surface area contributed by atoms with Gasteiger partial charge in [-0.25, -0.2) is 0 Å². The molecule has 0 radical (unpaired) electrons. The molecule has 0 saturated carbocycles. The van der Waals surface area contributed by atoms with Crippen molar-refractivity contribution in [3.05, 3.63) is 34.2 Å². The summed E-state index contributed by atoms with van der Waals surface area (Å²) in [7, 11) is 0. The Hall–Kier alpha value is -2.62. The number of anilines is 1. The van der Waals surface area contributed by atoms with E-state index in [-0.39, 0.29) is 22.4 Å². The van der Waals surface area contributed by atoms with E-state index in [0.29, 0.717) is 24.7 Å². The van der Waals surface area contributed by atoms with Gasteiger partial charge < -0.3 is 14.5 Å². The summed E-state index contributed by atoms with van der Waals surface area (Å²) in [6.45, 7) is 4.05. The van der Waals surface area contributed by atoms with E-state index in [1.807, 2.05) is 6.92 Å². The first kappa shape index (κ1) is 17.7. The maximum Gasteiger partial charge on any atom is 0.296 e. The van der Waals surface area contributed by atoms with Crippen LogP contribution in [0.4, 0.5) is 11.4 Å². The highest BCUT2D eigenvalue weighted by Gasteiger charge is 2.18. The van der Waals surface area contributed by atoms with E-state index in [1.54, 1.807) is 13.0 Å². The van der Waals surface area contributed by atoms with Gasteiger partial charge in [-0.3, -0.25) is 14.9 Å². The summed E-state index contributed by atoms with van der Waals surface area (Å²) in [6.07, 6.45) is 0.609. The molecule has 0 saturated heterocycles. The third kappa shape index (κ3) is 4.69. The Morgan fingerprint density at radius 1 is 1.42 bits per heavy atom. The second-order valence-corrected chi connectivity index (χ2v) is 5.45. The van der Waals surface area contributed by atoms with E-state index in [9.17, 15) is 14.9 Å². The van der Waals surface area contributed by atoms with Crippen LogP contribution in [-0.4, -0.2) is 33.4 Å². The van der Waals surface area contributed by atoms with Gasteiger partial charge in [0.2, 0.25) is 11.8 Å². The number of rotatable bonds is 8. The molecule has 2 aromatic rings. The number of hydrogen-bond acceptors (Lipinski definition) is 8. The van der Waals surface area contributed by atoms with Crippen LogP contribution in [0.1, 0.15) is 19.7 Å². The number of carbonyl (C=O) groups excluding carboxylic acids is 1. The SMILES string of the molecule is CCOc1ccc(NC(=O)CSc2nnc(CC)o2)c([N+](=O)[O-])c1. The molecule has 128 valence electrons. The number of ether oxygens (including phenoxy) is 1. The lowest BCUT2D eigenvalue weighted by molar-refractivity contribution is -0.384. The van der Waals surface area contributed by atoms with Gasteiger partial charge in [0.05, 0.1) is 23.3 Å². The van der Waals surface area contributed by atoms with E-state index in [1.165, 1.54) is 12.1 Å². The summed E-state index contributed by atoms with van der Waals surface area (Å²) < 4.78 is 10.5. The lowest BCUT2D eigenvalue weighted by Crippen LogP contribution is -2.15. The highest BCUT2D eigenvalue weighted by Crippen LogP contribution is 2.29. The molecule has 1 aromatic carbocycles. The third-order valence-corrected chi connectivity index (χ3v) is 3.65. The lowest BCUT2D eigenvalue weighted by Gasteiger charge is -2.07. The molecule has 1 aromatic heterocycles. The summed E-state index contributed by atoms with van der Waals surface area (Å²) in [4.78, 5) is 22.5. The smallest absolute Gasteiger partial charge is 0.296 e. The highest BCUT2D eigenvalue weighted by atomic mass is 32.2.